The summed E-state index contributed by atoms with van der Waals surface area (Å²) in [6, 6.07) is 6.37. The molecule has 0 spiro atoms. The number of primary amides is 1. The van der Waals surface area contributed by atoms with Gasteiger partial charge in [0.15, 0.2) is 5.69 Å². The van der Waals surface area contributed by atoms with Crippen LogP contribution < -0.4 is 11.1 Å². The van der Waals surface area contributed by atoms with Gasteiger partial charge in [-0.3, -0.25) is 9.59 Å². The molecule has 9 nitrogen and oxygen atoms in total. The van der Waals surface area contributed by atoms with Crippen LogP contribution in [-0.2, 0) is 6.54 Å². The van der Waals surface area contributed by atoms with Gasteiger partial charge in [-0.15, -0.1) is 5.10 Å². The molecule has 0 aliphatic carbocycles. The van der Waals surface area contributed by atoms with Crippen LogP contribution >= 0.6 is 11.7 Å². The van der Waals surface area contributed by atoms with Gasteiger partial charge in [0.1, 0.15) is 0 Å². The van der Waals surface area contributed by atoms with Crippen LogP contribution in [0.3, 0.4) is 0 Å². The number of aryl methyl sites for hydroxylation is 1. The molecule has 0 saturated heterocycles. The standard InChI is InChI=1S/C15H15N7O2S/c1-8-12(20-25-19-8)7-22-9(2)13(18-21-22)15(24)17-11-5-3-4-10(6-11)14(16)23/h3-6H,7H2,1-2H3,(H2,16,23)(H,17,24). The van der Waals surface area contributed by atoms with E-state index in [1.165, 1.54) is 6.07 Å². The van der Waals surface area contributed by atoms with Crippen LogP contribution in [0, 0.1) is 13.8 Å². The number of nitrogens with two attached hydrogens (primary N) is 1. The molecule has 128 valence electrons. The Morgan fingerprint density at radius 3 is 2.76 bits per heavy atom. The van der Waals surface area contributed by atoms with E-state index in [0.717, 1.165) is 23.1 Å². The van der Waals surface area contributed by atoms with Crippen molar-refractivity contribution in [2.75, 3.05) is 5.32 Å². The predicted octanol–water partition coefficient (Wildman–Crippen LogP) is 1.15. The topological polar surface area (TPSA) is 129 Å². The third kappa shape index (κ3) is 3.53. The minimum absolute atomic E-state index is 0.199. The summed E-state index contributed by atoms with van der Waals surface area (Å²) in [5.41, 5.74) is 8.43. The smallest absolute Gasteiger partial charge is 0.278 e. The fourth-order valence-corrected chi connectivity index (χ4v) is 2.75. The molecular weight excluding hydrogens is 342 g/mol. The molecular formula is C15H15N7O2S. The summed E-state index contributed by atoms with van der Waals surface area (Å²) in [6.07, 6.45) is 0. The molecule has 0 unspecified atom stereocenters. The summed E-state index contributed by atoms with van der Waals surface area (Å²) >= 11 is 1.13. The van der Waals surface area contributed by atoms with Gasteiger partial charge in [-0.2, -0.15) is 8.75 Å². The van der Waals surface area contributed by atoms with E-state index in [1.54, 1.807) is 29.8 Å². The van der Waals surface area contributed by atoms with E-state index in [4.69, 9.17) is 5.73 Å². The fourth-order valence-electron chi connectivity index (χ4n) is 2.20. The molecule has 0 bridgehead atoms. The van der Waals surface area contributed by atoms with E-state index >= 15 is 0 Å². The first-order chi connectivity index (χ1) is 12.0. The number of benzene rings is 1. The number of nitrogens with one attached hydrogen (secondary N) is 1. The lowest BCUT2D eigenvalue weighted by molar-refractivity contribution is 0.0995. The van der Waals surface area contributed by atoms with Gasteiger partial charge in [-0.25, -0.2) is 4.68 Å². The maximum atomic E-state index is 12.4. The number of carbonyl (C=O) groups is 2. The minimum Gasteiger partial charge on any atom is -0.366 e. The zero-order valence-corrected chi connectivity index (χ0v) is 14.4. The molecule has 3 rings (SSSR count). The normalized spacial score (nSPS) is 10.6. The van der Waals surface area contributed by atoms with Crippen molar-refractivity contribution >= 4 is 29.2 Å². The molecule has 0 aliphatic heterocycles. The summed E-state index contributed by atoms with van der Waals surface area (Å²) < 4.78 is 9.91. The highest BCUT2D eigenvalue weighted by molar-refractivity contribution is 6.99. The summed E-state index contributed by atoms with van der Waals surface area (Å²) in [7, 11) is 0. The number of amides is 2. The number of nitrogens with zero attached hydrogens (tertiary/aromatic N) is 5. The van der Waals surface area contributed by atoms with Crippen LogP contribution in [0.2, 0.25) is 0 Å². The Kier molecular flexibility index (Phi) is 4.52. The number of carbonyl (C=O) groups excluding carboxylic acids is 2. The van der Waals surface area contributed by atoms with E-state index in [9.17, 15) is 9.59 Å². The first kappa shape index (κ1) is 16.7. The van der Waals surface area contributed by atoms with Gasteiger partial charge < -0.3 is 11.1 Å². The first-order valence-corrected chi connectivity index (χ1v) is 8.08. The predicted molar refractivity (Wildman–Crippen MR) is 91.4 cm³/mol. The maximum Gasteiger partial charge on any atom is 0.278 e. The largest absolute Gasteiger partial charge is 0.366 e. The van der Waals surface area contributed by atoms with E-state index < -0.39 is 11.8 Å². The van der Waals surface area contributed by atoms with Crippen molar-refractivity contribution in [3.8, 4) is 0 Å². The van der Waals surface area contributed by atoms with Crippen LogP contribution in [0.25, 0.3) is 0 Å². The van der Waals surface area contributed by atoms with Crippen molar-refractivity contribution < 1.29 is 9.59 Å². The lowest BCUT2D eigenvalue weighted by Crippen LogP contribution is -2.16. The molecule has 3 aromatic rings. The molecule has 2 amide bonds. The highest BCUT2D eigenvalue weighted by atomic mass is 32.1. The molecule has 0 radical (unpaired) electrons. The molecule has 10 heteroatoms. The zero-order chi connectivity index (χ0) is 18.0. The van der Waals surface area contributed by atoms with E-state index in [-0.39, 0.29) is 5.69 Å². The molecule has 0 fully saturated rings. The van der Waals surface area contributed by atoms with E-state index in [0.29, 0.717) is 23.5 Å². The van der Waals surface area contributed by atoms with Crippen LogP contribution in [0.4, 0.5) is 5.69 Å². The third-order valence-corrected chi connectivity index (χ3v) is 4.31. The lowest BCUT2D eigenvalue weighted by atomic mass is 10.2. The summed E-state index contributed by atoms with van der Waals surface area (Å²) in [5.74, 6) is -0.982. The molecule has 2 heterocycles. The highest BCUT2D eigenvalue weighted by Crippen LogP contribution is 2.14. The number of aromatic nitrogens is 5. The number of anilines is 1. The highest BCUT2D eigenvalue weighted by Gasteiger charge is 2.18. The van der Waals surface area contributed by atoms with Gasteiger partial charge in [0.25, 0.3) is 5.91 Å². The van der Waals surface area contributed by atoms with Gasteiger partial charge in [0.05, 0.1) is 35.4 Å². The molecule has 3 N–H and O–H groups in total. The zero-order valence-electron chi connectivity index (χ0n) is 13.6. The summed E-state index contributed by atoms with van der Waals surface area (Å²) in [5, 5.41) is 10.6. The molecule has 2 aromatic heterocycles. The van der Waals surface area contributed by atoms with Gasteiger partial charge >= 0.3 is 0 Å². The van der Waals surface area contributed by atoms with E-state index in [2.05, 4.69) is 24.4 Å². The second kappa shape index (κ2) is 6.77. The van der Waals surface area contributed by atoms with Crippen molar-refractivity contribution in [1.82, 2.24) is 23.7 Å². The van der Waals surface area contributed by atoms with Gasteiger partial charge in [0.2, 0.25) is 5.91 Å². The van der Waals surface area contributed by atoms with Crippen LogP contribution in [-0.4, -0.2) is 35.6 Å². The Bertz CT molecular complexity index is 947. The van der Waals surface area contributed by atoms with Crippen molar-refractivity contribution in [2.45, 2.75) is 20.4 Å². The summed E-state index contributed by atoms with van der Waals surface area (Å²) in [4.78, 5) is 23.6. The SMILES string of the molecule is Cc1nsnc1Cn1nnc(C(=O)Nc2cccc(C(N)=O)c2)c1C. The Hall–Kier alpha value is -3.14. The van der Waals surface area contributed by atoms with Crippen LogP contribution in [0.5, 0.6) is 0 Å². The molecule has 1 aromatic carbocycles. The van der Waals surface area contributed by atoms with Crippen LogP contribution in [0.15, 0.2) is 24.3 Å². The number of rotatable bonds is 5. The van der Waals surface area contributed by atoms with Crippen molar-refractivity contribution in [1.29, 1.82) is 0 Å². The molecule has 0 saturated carbocycles. The first-order valence-electron chi connectivity index (χ1n) is 7.35. The Balaban J connectivity index is 1.78. The molecule has 0 aliphatic rings. The van der Waals surface area contributed by atoms with Crippen molar-refractivity contribution in [2.24, 2.45) is 5.73 Å². The number of hydrogen-bond acceptors (Lipinski definition) is 7. The number of hydrogen-bond donors (Lipinski definition) is 2. The van der Waals surface area contributed by atoms with E-state index in [1.807, 2.05) is 6.92 Å². The van der Waals surface area contributed by atoms with Gasteiger partial charge in [0, 0.05) is 11.3 Å². The molecule has 25 heavy (non-hydrogen) atoms. The van der Waals surface area contributed by atoms with Gasteiger partial charge in [-0.05, 0) is 32.0 Å². The van der Waals surface area contributed by atoms with Crippen molar-refractivity contribution in [3.05, 3.63) is 52.6 Å². The monoisotopic (exact) mass is 357 g/mol. The molecule has 0 atom stereocenters. The second-order valence-corrected chi connectivity index (χ2v) is 5.91. The Morgan fingerprint density at radius 2 is 2.08 bits per heavy atom. The van der Waals surface area contributed by atoms with Crippen molar-refractivity contribution in [3.63, 3.8) is 0 Å². The fraction of sp³-hybridized carbons (Fsp3) is 0.200. The average Bonchev–Trinajstić information content (AvgIpc) is 3.15. The maximum absolute atomic E-state index is 12.4. The lowest BCUT2D eigenvalue weighted by Gasteiger charge is -2.05. The van der Waals surface area contributed by atoms with Gasteiger partial charge in [-0.1, -0.05) is 11.3 Å². The Labute approximate surface area is 147 Å². The average molecular weight is 357 g/mol. The summed E-state index contributed by atoms with van der Waals surface area (Å²) in [6.45, 7) is 4.01. The second-order valence-electron chi connectivity index (χ2n) is 5.38. The quantitative estimate of drug-likeness (QED) is 0.704. The minimum atomic E-state index is -0.564. The third-order valence-electron chi connectivity index (χ3n) is 3.65. The van der Waals surface area contributed by atoms with Crippen LogP contribution in [0.1, 0.15) is 37.9 Å². The Morgan fingerprint density at radius 1 is 1.28 bits per heavy atom.